The quantitative estimate of drug-likeness (QED) is 0.635. The first-order valence-electron chi connectivity index (χ1n) is 9.16. The molecule has 0 aliphatic carbocycles. The minimum Gasteiger partial charge on any atom is -0.492 e. The number of aryl methyl sites for hydroxylation is 2. The molecule has 0 unspecified atom stereocenters. The lowest BCUT2D eigenvalue weighted by molar-refractivity contribution is -0.125. The van der Waals surface area contributed by atoms with Crippen LogP contribution >= 0.6 is 11.8 Å². The number of carbonyl (C=O) groups excluding carboxylic acids is 2. The maximum Gasteiger partial charge on any atom is 0.254 e. The van der Waals surface area contributed by atoms with Crippen molar-refractivity contribution in [3.63, 3.8) is 0 Å². The molecule has 0 N–H and O–H groups in total. The summed E-state index contributed by atoms with van der Waals surface area (Å²) < 4.78 is 5.81. The first-order valence-corrected chi connectivity index (χ1v) is 10.1. The molecule has 0 bridgehead atoms. The van der Waals surface area contributed by atoms with Gasteiger partial charge < -0.3 is 14.5 Å². The zero-order chi connectivity index (χ0) is 20.7. The zero-order valence-corrected chi connectivity index (χ0v) is 18.0. The molecule has 0 saturated carbocycles. The van der Waals surface area contributed by atoms with Gasteiger partial charge in [0, 0.05) is 26.0 Å². The van der Waals surface area contributed by atoms with Gasteiger partial charge in [0.2, 0.25) is 5.91 Å². The van der Waals surface area contributed by atoms with E-state index in [4.69, 9.17) is 4.74 Å². The van der Waals surface area contributed by atoms with E-state index in [2.05, 4.69) is 6.07 Å². The molecule has 0 aliphatic heterocycles. The predicted octanol–water partition coefficient (Wildman–Crippen LogP) is 3.63. The fraction of sp³-hybridized carbons (Fsp3) is 0.364. The van der Waals surface area contributed by atoms with Crippen LogP contribution in [0.5, 0.6) is 5.75 Å². The first-order chi connectivity index (χ1) is 13.3. The summed E-state index contributed by atoms with van der Waals surface area (Å²) in [7, 11) is 5.21. The van der Waals surface area contributed by atoms with E-state index in [1.165, 1.54) is 11.8 Å². The third kappa shape index (κ3) is 6.30. The van der Waals surface area contributed by atoms with Gasteiger partial charge in [0.15, 0.2) is 0 Å². The molecule has 0 heterocycles. The molecule has 0 saturated heterocycles. The number of hydrogen-bond donors (Lipinski definition) is 0. The monoisotopic (exact) mass is 400 g/mol. The van der Waals surface area contributed by atoms with E-state index < -0.39 is 0 Å². The summed E-state index contributed by atoms with van der Waals surface area (Å²) in [6.07, 6.45) is 0. The van der Waals surface area contributed by atoms with Crippen LogP contribution < -0.4 is 4.74 Å². The summed E-state index contributed by atoms with van der Waals surface area (Å²) in [5.74, 6) is 1.06. The van der Waals surface area contributed by atoms with Gasteiger partial charge in [-0.3, -0.25) is 9.59 Å². The van der Waals surface area contributed by atoms with E-state index in [9.17, 15) is 9.59 Å². The minimum atomic E-state index is -0.0792. The Bertz CT molecular complexity index is 816. The Kier molecular flexibility index (Phi) is 7.93. The lowest BCUT2D eigenvalue weighted by atomic mass is 10.1. The van der Waals surface area contributed by atoms with E-state index in [1.54, 1.807) is 37.0 Å². The number of likely N-dealkylation sites (N-methyl/N-ethyl adjacent to an activating group) is 1. The van der Waals surface area contributed by atoms with Crippen molar-refractivity contribution < 1.29 is 14.3 Å². The maximum absolute atomic E-state index is 12.9. The second-order valence-corrected chi connectivity index (χ2v) is 7.99. The van der Waals surface area contributed by atoms with Crippen molar-refractivity contribution in [3.8, 4) is 5.75 Å². The Hall–Kier alpha value is -2.47. The highest BCUT2D eigenvalue weighted by Crippen LogP contribution is 2.24. The SMILES string of the molecule is Cc1cc(C)cc(OCCN(C)C(=O)c2ccccc2SCC(=O)N(C)C)c1. The van der Waals surface area contributed by atoms with Crippen molar-refractivity contribution in [2.45, 2.75) is 18.7 Å². The van der Waals surface area contributed by atoms with Crippen LogP contribution in [0.4, 0.5) is 0 Å². The average Bonchev–Trinajstić information content (AvgIpc) is 2.64. The van der Waals surface area contributed by atoms with Crippen molar-refractivity contribution in [2.75, 3.05) is 40.0 Å². The minimum absolute atomic E-state index is 0.0162. The average molecular weight is 401 g/mol. The van der Waals surface area contributed by atoms with Gasteiger partial charge in [-0.15, -0.1) is 11.8 Å². The number of carbonyl (C=O) groups is 2. The molecule has 0 aromatic heterocycles. The normalized spacial score (nSPS) is 10.5. The van der Waals surface area contributed by atoms with Crippen LogP contribution in [0.3, 0.4) is 0 Å². The van der Waals surface area contributed by atoms with Crippen LogP contribution in [0.2, 0.25) is 0 Å². The number of thioether (sulfide) groups is 1. The summed E-state index contributed by atoms with van der Waals surface area (Å²) in [5.41, 5.74) is 2.91. The zero-order valence-electron chi connectivity index (χ0n) is 17.2. The second kappa shape index (κ2) is 10.2. The Morgan fingerprint density at radius 1 is 1.00 bits per heavy atom. The van der Waals surface area contributed by atoms with Gasteiger partial charge >= 0.3 is 0 Å². The Morgan fingerprint density at radius 2 is 1.64 bits per heavy atom. The highest BCUT2D eigenvalue weighted by Gasteiger charge is 2.17. The number of hydrogen-bond acceptors (Lipinski definition) is 4. The van der Waals surface area contributed by atoms with Crippen molar-refractivity contribution in [3.05, 3.63) is 59.2 Å². The molecule has 0 radical (unpaired) electrons. The molecule has 2 aromatic rings. The molecule has 28 heavy (non-hydrogen) atoms. The summed E-state index contributed by atoms with van der Waals surface area (Å²) in [5, 5.41) is 0. The summed E-state index contributed by atoms with van der Waals surface area (Å²) in [4.78, 5) is 28.7. The van der Waals surface area contributed by atoms with Gasteiger partial charge in [0.25, 0.3) is 5.91 Å². The largest absolute Gasteiger partial charge is 0.492 e. The predicted molar refractivity (Wildman–Crippen MR) is 114 cm³/mol. The van der Waals surface area contributed by atoms with Crippen LogP contribution in [0.1, 0.15) is 21.5 Å². The van der Waals surface area contributed by atoms with Gasteiger partial charge in [0.05, 0.1) is 17.9 Å². The van der Waals surface area contributed by atoms with E-state index in [-0.39, 0.29) is 11.8 Å². The molecule has 2 aromatic carbocycles. The molecule has 2 rings (SSSR count). The molecular formula is C22H28N2O3S. The van der Waals surface area contributed by atoms with Gasteiger partial charge in [-0.05, 0) is 49.2 Å². The van der Waals surface area contributed by atoms with Crippen LogP contribution in [0, 0.1) is 13.8 Å². The molecule has 0 fully saturated rings. The number of nitrogens with zero attached hydrogens (tertiary/aromatic N) is 2. The summed E-state index contributed by atoms with van der Waals surface area (Å²) >= 11 is 1.38. The molecule has 0 aliphatic rings. The lowest BCUT2D eigenvalue weighted by Crippen LogP contribution is -2.31. The highest BCUT2D eigenvalue weighted by atomic mass is 32.2. The van der Waals surface area contributed by atoms with Gasteiger partial charge in [-0.1, -0.05) is 18.2 Å². The molecule has 150 valence electrons. The van der Waals surface area contributed by atoms with Gasteiger partial charge in [-0.2, -0.15) is 0 Å². The van der Waals surface area contributed by atoms with Crippen LogP contribution in [0.25, 0.3) is 0 Å². The Morgan fingerprint density at radius 3 is 2.29 bits per heavy atom. The van der Waals surface area contributed by atoms with E-state index in [1.807, 2.05) is 44.2 Å². The molecule has 6 heteroatoms. The van der Waals surface area contributed by atoms with E-state index in [0.29, 0.717) is 24.5 Å². The van der Waals surface area contributed by atoms with E-state index >= 15 is 0 Å². The molecule has 2 amide bonds. The van der Waals surface area contributed by atoms with Gasteiger partial charge in [0.1, 0.15) is 12.4 Å². The van der Waals surface area contributed by atoms with Crippen LogP contribution in [0.15, 0.2) is 47.4 Å². The van der Waals surface area contributed by atoms with Crippen molar-refractivity contribution >= 4 is 23.6 Å². The smallest absolute Gasteiger partial charge is 0.254 e. The maximum atomic E-state index is 12.9. The van der Waals surface area contributed by atoms with Crippen molar-refractivity contribution in [1.29, 1.82) is 0 Å². The lowest BCUT2D eigenvalue weighted by Gasteiger charge is -2.19. The molecular weight excluding hydrogens is 372 g/mol. The summed E-state index contributed by atoms with van der Waals surface area (Å²) in [6.45, 7) is 4.96. The Labute approximate surface area is 171 Å². The summed E-state index contributed by atoms with van der Waals surface area (Å²) in [6, 6.07) is 13.5. The fourth-order valence-corrected chi connectivity index (χ4v) is 3.68. The second-order valence-electron chi connectivity index (χ2n) is 6.97. The number of rotatable bonds is 8. The fourth-order valence-electron chi connectivity index (χ4n) is 2.66. The molecule has 0 spiro atoms. The third-order valence-electron chi connectivity index (χ3n) is 4.20. The number of benzene rings is 2. The first kappa shape index (κ1) is 21.8. The van der Waals surface area contributed by atoms with Crippen molar-refractivity contribution in [2.24, 2.45) is 0 Å². The van der Waals surface area contributed by atoms with Crippen molar-refractivity contribution in [1.82, 2.24) is 9.80 Å². The van der Waals surface area contributed by atoms with Gasteiger partial charge in [-0.25, -0.2) is 0 Å². The standard InChI is InChI=1S/C22H28N2O3S/c1-16-12-17(2)14-18(13-16)27-11-10-24(5)22(26)19-8-6-7-9-20(19)28-15-21(25)23(3)4/h6-9,12-14H,10-11,15H2,1-5H3. The highest BCUT2D eigenvalue weighted by molar-refractivity contribution is 8.00. The topological polar surface area (TPSA) is 49.9 Å². The number of amides is 2. The molecule has 0 atom stereocenters. The van der Waals surface area contributed by atoms with Crippen LogP contribution in [-0.2, 0) is 4.79 Å². The third-order valence-corrected chi connectivity index (χ3v) is 5.26. The molecule has 5 nitrogen and oxygen atoms in total. The Balaban J connectivity index is 1.96. The van der Waals surface area contributed by atoms with E-state index in [0.717, 1.165) is 21.8 Å². The number of ether oxygens (including phenoxy) is 1. The van der Waals surface area contributed by atoms with Crippen LogP contribution in [-0.4, -0.2) is 61.7 Å².